The zero-order valence-corrected chi connectivity index (χ0v) is 15.6. The van der Waals surface area contributed by atoms with E-state index in [1.807, 2.05) is 36.8 Å². The Hall–Kier alpha value is -1.85. The first-order valence-corrected chi connectivity index (χ1v) is 9.39. The minimum absolute atomic E-state index is 0.234. The van der Waals surface area contributed by atoms with Crippen molar-refractivity contribution in [2.24, 2.45) is 17.3 Å². The summed E-state index contributed by atoms with van der Waals surface area (Å²) in [6.45, 7) is 9.08. The Labute approximate surface area is 150 Å². The highest BCUT2D eigenvalue weighted by Crippen LogP contribution is 2.34. The van der Waals surface area contributed by atoms with Crippen LogP contribution in [0.5, 0.6) is 0 Å². The number of carbonyl (C=O) groups is 2. The highest BCUT2D eigenvalue weighted by Gasteiger charge is 2.38. The molecule has 6 heteroatoms. The van der Waals surface area contributed by atoms with E-state index in [4.69, 9.17) is 0 Å². The summed E-state index contributed by atoms with van der Waals surface area (Å²) >= 11 is 0. The summed E-state index contributed by atoms with van der Waals surface area (Å²) in [4.78, 5) is 36.3. The number of aromatic amines is 1. The largest absolute Gasteiger partial charge is 0.348 e. The van der Waals surface area contributed by atoms with Gasteiger partial charge in [0.15, 0.2) is 0 Å². The first kappa shape index (κ1) is 18.0. The summed E-state index contributed by atoms with van der Waals surface area (Å²) in [5.74, 6) is 1.37. The van der Waals surface area contributed by atoms with E-state index in [-0.39, 0.29) is 17.2 Å². The van der Waals surface area contributed by atoms with Gasteiger partial charge in [-0.3, -0.25) is 9.59 Å². The number of hydrogen-bond donors (Lipinski definition) is 1. The van der Waals surface area contributed by atoms with E-state index >= 15 is 0 Å². The third-order valence-electron chi connectivity index (χ3n) is 5.59. The van der Waals surface area contributed by atoms with E-state index in [1.165, 1.54) is 0 Å². The molecule has 0 radical (unpaired) electrons. The average molecular weight is 346 g/mol. The predicted octanol–water partition coefficient (Wildman–Crippen LogP) is 2.09. The molecule has 25 heavy (non-hydrogen) atoms. The number of H-pyrrole nitrogens is 1. The molecule has 0 unspecified atom stereocenters. The number of nitrogens with zero attached hydrogens (tertiary/aromatic N) is 3. The summed E-state index contributed by atoms with van der Waals surface area (Å²) in [5.41, 5.74) is 0.736. The van der Waals surface area contributed by atoms with E-state index in [2.05, 4.69) is 9.97 Å². The fourth-order valence-electron chi connectivity index (χ4n) is 4.05. The second kappa shape index (κ2) is 7.18. The van der Waals surface area contributed by atoms with Gasteiger partial charge in [-0.1, -0.05) is 20.8 Å². The topological polar surface area (TPSA) is 69.3 Å². The van der Waals surface area contributed by atoms with Gasteiger partial charge < -0.3 is 14.8 Å². The number of amides is 2. The van der Waals surface area contributed by atoms with Crippen molar-refractivity contribution in [2.75, 3.05) is 26.2 Å². The van der Waals surface area contributed by atoms with Gasteiger partial charge in [0.1, 0.15) is 0 Å². The number of imidazole rings is 1. The molecule has 3 heterocycles. The standard InChI is InChI=1S/C19H30N4O2/c1-19(2,3)18(25)23-8-4-14-10-17(24)22(7-5-15(14)12-23)9-6-16-11-20-13-21-16/h11,13-15H,4-10,12H2,1-3H3,(H,20,21)/t14-,15-/m0/s1. The Morgan fingerprint density at radius 1 is 1.28 bits per heavy atom. The predicted molar refractivity (Wildman–Crippen MR) is 95.7 cm³/mol. The van der Waals surface area contributed by atoms with Crippen LogP contribution in [0.25, 0.3) is 0 Å². The SMILES string of the molecule is CC(C)(C)C(=O)N1CC[C@H]2CC(=O)N(CCc3cnc[nH]3)CC[C@H]2C1. The lowest BCUT2D eigenvalue weighted by Gasteiger charge is -2.40. The monoisotopic (exact) mass is 346 g/mol. The molecule has 0 aromatic carbocycles. The van der Waals surface area contributed by atoms with Crippen molar-refractivity contribution >= 4 is 11.8 Å². The lowest BCUT2D eigenvalue weighted by Crippen LogP contribution is -2.47. The molecule has 0 spiro atoms. The third-order valence-corrected chi connectivity index (χ3v) is 5.59. The van der Waals surface area contributed by atoms with Crippen LogP contribution in [-0.2, 0) is 16.0 Å². The van der Waals surface area contributed by atoms with Gasteiger partial charge in [-0.05, 0) is 24.7 Å². The van der Waals surface area contributed by atoms with Crippen molar-refractivity contribution in [3.05, 3.63) is 18.2 Å². The van der Waals surface area contributed by atoms with Gasteiger partial charge in [0.25, 0.3) is 0 Å². The molecule has 6 nitrogen and oxygen atoms in total. The van der Waals surface area contributed by atoms with Gasteiger partial charge in [-0.2, -0.15) is 0 Å². The van der Waals surface area contributed by atoms with Crippen molar-refractivity contribution in [3.63, 3.8) is 0 Å². The van der Waals surface area contributed by atoms with Crippen LogP contribution in [0.1, 0.15) is 45.7 Å². The maximum atomic E-state index is 12.6. The van der Waals surface area contributed by atoms with E-state index in [0.717, 1.165) is 51.1 Å². The van der Waals surface area contributed by atoms with Crippen molar-refractivity contribution in [3.8, 4) is 0 Å². The zero-order valence-electron chi connectivity index (χ0n) is 15.6. The lowest BCUT2D eigenvalue weighted by molar-refractivity contribution is -0.142. The Balaban J connectivity index is 1.59. The van der Waals surface area contributed by atoms with Gasteiger partial charge in [-0.15, -0.1) is 0 Å². The zero-order chi connectivity index (χ0) is 18.0. The summed E-state index contributed by atoms with van der Waals surface area (Å²) in [6, 6.07) is 0. The van der Waals surface area contributed by atoms with Crippen LogP contribution in [-0.4, -0.2) is 57.8 Å². The fourth-order valence-corrected chi connectivity index (χ4v) is 4.05. The van der Waals surface area contributed by atoms with E-state index in [9.17, 15) is 9.59 Å². The Morgan fingerprint density at radius 2 is 2.04 bits per heavy atom. The number of hydrogen-bond acceptors (Lipinski definition) is 3. The third kappa shape index (κ3) is 4.22. The summed E-state index contributed by atoms with van der Waals surface area (Å²) in [7, 11) is 0. The number of piperidine rings is 1. The van der Waals surface area contributed by atoms with Gasteiger partial charge in [-0.25, -0.2) is 4.98 Å². The molecule has 2 fully saturated rings. The molecule has 2 saturated heterocycles. The van der Waals surface area contributed by atoms with Gasteiger partial charge in [0.2, 0.25) is 11.8 Å². The quantitative estimate of drug-likeness (QED) is 0.911. The minimum atomic E-state index is -0.330. The molecule has 3 rings (SSSR count). The van der Waals surface area contributed by atoms with E-state index in [0.29, 0.717) is 18.3 Å². The Kier molecular flexibility index (Phi) is 5.16. The van der Waals surface area contributed by atoms with Gasteiger partial charge >= 0.3 is 0 Å². The number of carbonyl (C=O) groups excluding carboxylic acids is 2. The highest BCUT2D eigenvalue weighted by atomic mass is 16.2. The summed E-state index contributed by atoms with van der Waals surface area (Å²) < 4.78 is 0. The maximum absolute atomic E-state index is 12.6. The minimum Gasteiger partial charge on any atom is -0.348 e. The molecule has 1 N–H and O–H groups in total. The van der Waals surface area contributed by atoms with Crippen molar-refractivity contribution < 1.29 is 9.59 Å². The Morgan fingerprint density at radius 3 is 2.72 bits per heavy atom. The van der Waals surface area contributed by atoms with Crippen LogP contribution in [0.15, 0.2) is 12.5 Å². The molecule has 2 amide bonds. The molecule has 1 aromatic heterocycles. The fraction of sp³-hybridized carbons (Fsp3) is 0.737. The average Bonchev–Trinajstić information content (AvgIpc) is 3.02. The smallest absolute Gasteiger partial charge is 0.227 e. The van der Waals surface area contributed by atoms with Crippen LogP contribution in [0.3, 0.4) is 0 Å². The second-order valence-electron chi connectivity index (χ2n) is 8.51. The lowest BCUT2D eigenvalue weighted by atomic mass is 9.81. The molecule has 0 bridgehead atoms. The van der Waals surface area contributed by atoms with Crippen LogP contribution in [0.4, 0.5) is 0 Å². The summed E-state index contributed by atoms with van der Waals surface area (Å²) in [5, 5.41) is 0. The van der Waals surface area contributed by atoms with Crippen LogP contribution < -0.4 is 0 Å². The molecule has 0 saturated carbocycles. The van der Waals surface area contributed by atoms with E-state index < -0.39 is 0 Å². The van der Waals surface area contributed by atoms with Crippen molar-refractivity contribution in [1.82, 2.24) is 19.8 Å². The number of nitrogens with one attached hydrogen (secondary N) is 1. The van der Waals surface area contributed by atoms with Crippen LogP contribution in [0.2, 0.25) is 0 Å². The normalized spacial score (nSPS) is 24.8. The van der Waals surface area contributed by atoms with Crippen molar-refractivity contribution in [2.45, 2.75) is 46.5 Å². The number of fused-ring (bicyclic) bond motifs is 1. The summed E-state index contributed by atoms with van der Waals surface area (Å²) in [6.07, 6.45) is 6.88. The first-order chi connectivity index (χ1) is 11.8. The number of likely N-dealkylation sites (tertiary alicyclic amines) is 2. The maximum Gasteiger partial charge on any atom is 0.227 e. The molecular weight excluding hydrogens is 316 g/mol. The second-order valence-corrected chi connectivity index (χ2v) is 8.51. The molecule has 2 atom stereocenters. The molecule has 138 valence electrons. The van der Waals surface area contributed by atoms with Crippen LogP contribution >= 0.6 is 0 Å². The Bertz CT molecular complexity index is 605. The number of aromatic nitrogens is 2. The first-order valence-electron chi connectivity index (χ1n) is 9.39. The molecular formula is C19H30N4O2. The molecule has 0 aliphatic carbocycles. The molecule has 2 aliphatic rings. The number of rotatable bonds is 3. The molecule has 1 aromatic rings. The highest BCUT2D eigenvalue weighted by molar-refractivity contribution is 5.81. The van der Waals surface area contributed by atoms with Gasteiger partial charge in [0.05, 0.1) is 6.33 Å². The van der Waals surface area contributed by atoms with E-state index in [1.54, 1.807) is 6.33 Å². The van der Waals surface area contributed by atoms with Crippen LogP contribution in [0, 0.1) is 17.3 Å². The molecule has 2 aliphatic heterocycles. The van der Waals surface area contributed by atoms with Crippen molar-refractivity contribution in [1.29, 1.82) is 0 Å². The van der Waals surface area contributed by atoms with Gasteiger partial charge in [0, 0.05) is 56.3 Å².